The summed E-state index contributed by atoms with van der Waals surface area (Å²) in [5.74, 6) is -1.48. The Kier molecular flexibility index (Phi) is 5.91. The summed E-state index contributed by atoms with van der Waals surface area (Å²) in [6.45, 7) is 5.14. The molecular weight excluding hydrogens is 458 g/mol. The predicted octanol–water partition coefficient (Wildman–Crippen LogP) is 2.98. The van der Waals surface area contributed by atoms with Crippen LogP contribution in [0.25, 0.3) is 16.9 Å². The minimum atomic E-state index is -1.39. The van der Waals surface area contributed by atoms with Crippen LogP contribution in [0.15, 0.2) is 52.3 Å². The van der Waals surface area contributed by atoms with Crippen molar-refractivity contribution in [3.8, 4) is 5.82 Å². The number of hydrogen-bond acceptors (Lipinski definition) is 10. The van der Waals surface area contributed by atoms with Crippen molar-refractivity contribution < 1.29 is 24.0 Å². The number of aromatic nitrogens is 5. The molecule has 0 radical (unpaired) electrons. The fourth-order valence-corrected chi connectivity index (χ4v) is 3.13. The minimum Gasteiger partial charge on any atom is -0.475 e. The number of carboxylic acid groups (broad SMARTS) is 1. The fraction of sp³-hybridized carbons (Fsp3) is 0.227. The highest BCUT2D eigenvalue weighted by atomic mass is 16.6. The molecule has 13 heteroatoms. The van der Waals surface area contributed by atoms with E-state index in [-0.39, 0.29) is 28.2 Å². The normalized spacial score (nSPS) is 11.3. The third-order valence-corrected chi connectivity index (χ3v) is 4.66. The van der Waals surface area contributed by atoms with Crippen molar-refractivity contribution in [3.63, 3.8) is 0 Å². The lowest BCUT2D eigenvalue weighted by molar-refractivity contribution is 0.0588. The van der Waals surface area contributed by atoms with Crippen molar-refractivity contribution >= 4 is 40.3 Å². The van der Waals surface area contributed by atoms with Gasteiger partial charge in [-0.25, -0.2) is 24.5 Å². The summed E-state index contributed by atoms with van der Waals surface area (Å²) in [6.07, 6.45) is 3.65. The maximum atomic E-state index is 13.0. The van der Waals surface area contributed by atoms with E-state index in [1.165, 1.54) is 42.5 Å². The molecule has 0 spiro atoms. The van der Waals surface area contributed by atoms with Crippen molar-refractivity contribution in [1.29, 1.82) is 0 Å². The van der Waals surface area contributed by atoms with E-state index >= 15 is 0 Å². The number of nitrogens with zero attached hydrogens (tertiary/aromatic N) is 6. The maximum absolute atomic E-state index is 13.0. The third-order valence-electron chi connectivity index (χ3n) is 4.66. The van der Waals surface area contributed by atoms with E-state index in [9.17, 15) is 19.5 Å². The van der Waals surface area contributed by atoms with Gasteiger partial charge in [-0.15, -0.1) is 0 Å². The van der Waals surface area contributed by atoms with Crippen LogP contribution in [0.1, 0.15) is 31.3 Å². The first kappa shape index (κ1) is 23.4. The molecule has 0 saturated carbocycles. The molecule has 4 heterocycles. The highest BCUT2D eigenvalue weighted by molar-refractivity contribution is 6.05. The Hall–Kier alpha value is -4.81. The molecule has 0 fully saturated rings. The molecule has 180 valence electrons. The number of pyridine rings is 2. The Morgan fingerprint density at radius 3 is 2.66 bits per heavy atom. The van der Waals surface area contributed by atoms with Gasteiger partial charge in [0.05, 0.1) is 5.69 Å². The SMILES string of the molecule is CN(C(=O)OC(C)(C)C)c1cc(Nc2cccn(-c3ccncn3)c2=O)nc2c(C(=O)O)onc12. The number of carbonyl (C=O) groups excluding carboxylic acids is 1. The second-order valence-electron chi connectivity index (χ2n) is 8.37. The van der Waals surface area contributed by atoms with Crippen molar-refractivity contribution in [2.24, 2.45) is 0 Å². The molecule has 0 unspecified atom stereocenters. The maximum Gasteiger partial charge on any atom is 0.414 e. The number of fused-ring (bicyclic) bond motifs is 1. The van der Waals surface area contributed by atoms with Gasteiger partial charge in [-0.1, -0.05) is 5.16 Å². The van der Waals surface area contributed by atoms with Crippen LogP contribution < -0.4 is 15.8 Å². The van der Waals surface area contributed by atoms with E-state index < -0.39 is 29.0 Å². The number of ether oxygens (including phenoxy) is 1. The number of aromatic carboxylic acids is 1. The van der Waals surface area contributed by atoms with Crippen LogP contribution in [0.2, 0.25) is 0 Å². The molecule has 0 bridgehead atoms. The quantitative estimate of drug-likeness (QED) is 0.432. The van der Waals surface area contributed by atoms with E-state index in [4.69, 9.17) is 9.26 Å². The molecule has 0 aliphatic heterocycles. The molecule has 2 N–H and O–H groups in total. The molecule has 0 aliphatic rings. The van der Waals surface area contributed by atoms with E-state index in [0.717, 1.165) is 4.90 Å². The summed E-state index contributed by atoms with van der Waals surface area (Å²) in [6, 6.07) is 6.15. The Morgan fingerprint density at radius 1 is 1.23 bits per heavy atom. The molecule has 4 aromatic rings. The van der Waals surface area contributed by atoms with Crippen LogP contribution in [0.4, 0.5) is 22.0 Å². The Balaban J connectivity index is 1.80. The van der Waals surface area contributed by atoms with Gasteiger partial charge < -0.3 is 19.7 Å². The molecular formula is C22H21N7O6. The van der Waals surface area contributed by atoms with Crippen molar-refractivity contribution in [2.75, 3.05) is 17.3 Å². The first-order valence-electron chi connectivity index (χ1n) is 10.3. The van der Waals surface area contributed by atoms with Gasteiger partial charge in [0.25, 0.3) is 11.3 Å². The largest absolute Gasteiger partial charge is 0.475 e. The second kappa shape index (κ2) is 8.85. The minimum absolute atomic E-state index is 0.0350. The molecule has 0 atom stereocenters. The van der Waals surface area contributed by atoms with Gasteiger partial charge in [0.15, 0.2) is 5.52 Å². The van der Waals surface area contributed by atoms with Gasteiger partial charge in [-0.05, 0) is 39.0 Å². The molecule has 4 aromatic heterocycles. The monoisotopic (exact) mass is 479 g/mol. The molecule has 0 saturated heterocycles. The van der Waals surface area contributed by atoms with Crippen LogP contribution in [-0.4, -0.2) is 54.5 Å². The van der Waals surface area contributed by atoms with Gasteiger partial charge in [-0.2, -0.15) is 0 Å². The summed E-state index contributed by atoms with van der Waals surface area (Å²) in [5, 5.41) is 16.2. The third kappa shape index (κ3) is 4.78. The number of anilines is 3. The zero-order valence-corrected chi connectivity index (χ0v) is 19.2. The highest BCUT2D eigenvalue weighted by Crippen LogP contribution is 2.31. The van der Waals surface area contributed by atoms with E-state index in [0.29, 0.717) is 5.82 Å². The number of hydrogen-bond donors (Lipinski definition) is 2. The van der Waals surface area contributed by atoms with Crippen molar-refractivity contribution in [3.05, 3.63) is 59.1 Å². The van der Waals surface area contributed by atoms with Crippen molar-refractivity contribution in [1.82, 2.24) is 24.7 Å². The molecule has 0 aliphatic carbocycles. The van der Waals surface area contributed by atoms with E-state index in [2.05, 4.69) is 25.4 Å². The van der Waals surface area contributed by atoms with E-state index in [1.54, 1.807) is 32.9 Å². The zero-order chi connectivity index (χ0) is 25.3. The average molecular weight is 479 g/mol. The fourth-order valence-electron chi connectivity index (χ4n) is 3.13. The smallest absolute Gasteiger partial charge is 0.414 e. The molecule has 4 rings (SSSR count). The van der Waals surface area contributed by atoms with E-state index in [1.807, 2.05) is 0 Å². The summed E-state index contributed by atoms with van der Waals surface area (Å²) >= 11 is 0. The number of carboxylic acids is 1. The van der Waals surface area contributed by atoms with Crippen LogP contribution in [-0.2, 0) is 4.74 Å². The Bertz CT molecular complexity index is 1470. The van der Waals surface area contributed by atoms with Crippen LogP contribution in [0.3, 0.4) is 0 Å². The molecule has 1 amide bonds. The summed E-state index contributed by atoms with van der Waals surface area (Å²) in [7, 11) is 1.44. The Morgan fingerprint density at radius 2 is 2.00 bits per heavy atom. The Labute approximate surface area is 198 Å². The first-order chi connectivity index (χ1) is 16.5. The lowest BCUT2D eigenvalue weighted by Crippen LogP contribution is -2.34. The topological polar surface area (TPSA) is 166 Å². The first-order valence-corrected chi connectivity index (χ1v) is 10.3. The van der Waals surface area contributed by atoms with Gasteiger partial charge in [-0.3, -0.25) is 14.3 Å². The average Bonchev–Trinajstić information content (AvgIpc) is 3.23. The molecule has 0 aromatic carbocycles. The number of carbonyl (C=O) groups is 2. The van der Waals surface area contributed by atoms with Crippen LogP contribution >= 0.6 is 0 Å². The second-order valence-corrected chi connectivity index (χ2v) is 8.37. The standard InChI is InChI=1S/C22H21N7O6/c1-22(2,3)34-21(33)28(4)13-10-14(26-17-16(13)27-35-18(17)20(31)32)25-12-6-5-9-29(19(12)30)15-7-8-23-11-24-15/h5-11H,1-4H3,(H,25,26)(H,31,32). The molecule has 35 heavy (non-hydrogen) atoms. The van der Waals surface area contributed by atoms with Crippen molar-refractivity contribution in [2.45, 2.75) is 26.4 Å². The lowest BCUT2D eigenvalue weighted by Gasteiger charge is -2.25. The number of nitrogens with one attached hydrogen (secondary N) is 1. The van der Waals surface area contributed by atoms with Gasteiger partial charge >= 0.3 is 12.1 Å². The van der Waals surface area contributed by atoms with Gasteiger partial charge in [0.2, 0.25) is 0 Å². The molecule has 13 nitrogen and oxygen atoms in total. The number of amides is 1. The van der Waals surface area contributed by atoms with Crippen LogP contribution in [0, 0.1) is 0 Å². The number of rotatable bonds is 5. The van der Waals surface area contributed by atoms with Gasteiger partial charge in [0.1, 0.15) is 34.8 Å². The summed E-state index contributed by atoms with van der Waals surface area (Å²) in [5.41, 5.74) is -1.01. The van der Waals surface area contributed by atoms with Crippen LogP contribution in [0.5, 0.6) is 0 Å². The zero-order valence-electron chi connectivity index (χ0n) is 19.2. The predicted molar refractivity (Wildman–Crippen MR) is 124 cm³/mol. The van der Waals surface area contributed by atoms with Gasteiger partial charge in [0, 0.05) is 25.5 Å². The lowest BCUT2D eigenvalue weighted by atomic mass is 10.2. The summed E-state index contributed by atoms with van der Waals surface area (Å²) in [4.78, 5) is 50.7. The summed E-state index contributed by atoms with van der Waals surface area (Å²) < 4.78 is 11.7. The highest BCUT2D eigenvalue weighted by Gasteiger charge is 2.27.